The monoisotopic (exact) mass is 349 g/mol. The molecule has 2 aliphatic rings. The molecule has 4 atom stereocenters. The van der Waals surface area contributed by atoms with Crippen molar-refractivity contribution < 1.29 is 23.7 Å². The van der Waals surface area contributed by atoms with E-state index in [4.69, 9.17) is 24.7 Å². The molecule has 2 N–H and O–H groups in total. The number of aromatic nitrogens is 4. The minimum absolute atomic E-state index is 0.253. The first-order valence-corrected chi connectivity index (χ1v) is 8.02. The second-order valence-electron chi connectivity index (χ2n) is 6.35. The molecule has 0 amide bonds. The second kappa shape index (κ2) is 5.61. The molecular weight excluding hydrogens is 330 g/mol. The Kier molecular flexibility index (Phi) is 3.63. The van der Waals surface area contributed by atoms with Crippen LogP contribution in [0, 0.1) is 0 Å². The highest BCUT2D eigenvalue weighted by atomic mass is 16.8. The van der Waals surface area contributed by atoms with E-state index in [1.807, 2.05) is 0 Å². The molecule has 0 aromatic carbocycles. The molecule has 134 valence electrons. The molecule has 0 radical (unpaired) electrons. The van der Waals surface area contributed by atoms with Crippen molar-refractivity contribution in [3.63, 3.8) is 0 Å². The van der Waals surface area contributed by atoms with Crippen molar-refractivity contribution in [3.8, 4) is 0 Å². The van der Waals surface area contributed by atoms with Crippen LogP contribution >= 0.6 is 0 Å². The first-order chi connectivity index (χ1) is 11.9. The highest BCUT2D eigenvalue weighted by Crippen LogP contribution is 2.44. The lowest BCUT2D eigenvalue weighted by atomic mass is 10.1. The molecule has 0 saturated carbocycles. The Hall–Kier alpha value is -2.30. The van der Waals surface area contributed by atoms with Gasteiger partial charge in [-0.25, -0.2) is 19.7 Å². The largest absolute Gasteiger partial charge is 0.464 e. The fraction of sp³-hybridized carbons (Fsp3) is 0.600. The van der Waals surface area contributed by atoms with Crippen molar-refractivity contribution in [3.05, 3.63) is 12.7 Å². The number of carbonyl (C=O) groups is 1. The van der Waals surface area contributed by atoms with Gasteiger partial charge in [-0.1, -0.05) is 0 Å². The fourth-order valence-electron chi connectivity index (χ4n) is 3.27. The Labute approximate surface area is 143 Å². The maximum Gasteiger partial charge on any atom is 0.338 e. The lowest BCUT2D eigenvalue weighted by molar-refractivity contribution is -0.204. The molecule has 2 aliphatic heterocycles. The zero-order valence-electron chi connectivity index (χ0n) is 14.1. The Morgan fingerprint density at radius 3 is 2.84 bits per heavy atom. The Balaban J connectivity index is 1.73. The summed E-state index contributed by atoms with van der Waals surface area (Å²) in [4.78, 5) is 24.7. The van der Waals surface area contributed by atoms with Crippen molar-refractivity contribution in [2.45, 2.75) is 51.1 Å². The maximum absolute atomic E-state index is 12.3. The number of fused-ring (bicyclic) bond motifs is 2. The number of esters is 1. The predicted octanol–water partition coefficient (Wildman–Crippen LogP) is 0.389. The summed E-state index contributed by atoms with van der Waals surface area (Å²) in [5, 5.41) is 0. The molecule has 25 heavy (non-hydrogen) atoms. The summed E-state index contributed by atoms with van der Waals surface area (Å²) < 4.78 is 24.6. The van der Waals surface area contributed by atoms with Crippen LogP contribution in [0.5, 0.6) is 0 Å². The number of imidazole rings is 1. The number of nitrogen functional groups attached to an aromatic ring is 1. The van der Waals surface area contributed by atoms with Gasteiger partial charge in [0, 0.05) is 0 Å². The van der Waals surface area contributed by atoms with Gasteiger partial charge in [0.2, 0.25) is 0 Å². The first-order valence-electron chi connectivity index (χ1n) is 8.02. The van der Waals surface area contributed by atoms with Gasteiger partial charge in [0.05, 0.1) is 12.9 Å². The van der Waals surface area contributed by atoms with E-state index in [9.17, 15) is 4.79 Å². The molecule has 0 aliphatic carbocycles. The van der Waals surface area contributed by atoms with E-state index in [0.29, 0.717) is 11.2 Å². The predicted molar refractivity (Wildman–Crippen MR) is 84.1 cm³/mol. The topological polar surface area (TPSA) is 124 Å². The number of hydrogen-bond acceptors (Lipinski definition) is 9. The Bertz CT molecular complexity index is 822. The molecule has 2 aromatic rings. The third-order valence-corrected chi connectivity index (χ3v) is 4.21. The number of ether oxygens (including phenoxy) is 4. The minimum Gasteiger partial charge on any atom is -0.464 e. The zero-order chi connectivity index (χ0) is 17.8. The van der Waals surface area contributed by atoms with Gasteiger partial charge in [-0.3, -0.25) is 4.57 Å². The average molecular weight is 349 g/mol. The van der Waals surface area contributed by atoms with Crippen LogP contribution in [0.1, 0.15) is 27.0 Å². The number of nitrogens with zero attached hydrogens (tertiary/aromatic N) is 4. The Morgan fingerprint density at radius 2 is 2.08 bits per heavy atom. The Morgan fingerprint density at radius 1 is 1.32 bits per heavy atom. The van der Waals surface area contributed by atoms with E-state index in [1.165, 1.54) is 6.33 Å². The molecule has 0 spiro atoms. The van der Waals surface area contributed by atoms with Crippen molar-refractivity contribution in [2.24, 2.45) is 0 Å². The normalized spacial score (nSPS) is 30.5. The molecule has 0 unspecified atom stereocenters. The van der Waals surface area contributed by atoms with Gasteiger partial charge < -0.3 is 24.7 Å². The van der Waals surface area contributed by atoms with Gasteiger partial charge in [0.25, 0.3) is 0 Å². The maximum atomic E-state index is 12.3. The van der Waals surface area contributed by atoms with E-state index in [-0.39, 0.29) is 12.4 Å². The van der Waals surface area contributed by atoms with Crippen molar-refractivity contribution in [2.75, 3.05) is 12.3 Å². The molecule has 2 aromatic heterocycles. The summed E-state index contributed by atoms with van der Waals surface area (Å²) in [5.74, 6) is -1.06. The smallest absolute Gasteiger partial charge is 0.338 e. The van der Waals surface area contributed by atoms with E-state index in [0.717, 1.165) is 0 Å². The molecule has 4 rings (SSSR count). The highest BCUT2D eigenvalue weighted by Gasteiger charge is 2.58. The fourth-order valence-corrected chi connectivity index (χ4v) is 3.27. The van der Waals surface area contributed by atoms with Crippen LogP contribution in [-0.2, 0) is 23.7 Å². The number of hydrogen-bond donors (Lipinski definition) is 1. The van der Waals surface area contributed by atoms with E-state index < -0.39 is 36.3 Å². The summed E-state index contributed by atoms with van der Waals surface area (Å²) in [6.45, 7) is 5.57. The highest BCUT2D eigenvalue weighted by molar-refractivity contribution is 5.81. The minimum atomic E-state index is -0.895. The van der Waals surface area contributed by atoms with Crippen LogP contribution in [0.25, 0.3) is 11.2 Å². The van der Waals surface area contributed by atoms with Crippen LogP contribution < -0.4 is 5.73 Å². The van der Waals surface area contributed by atoms with Gasteiger partial charge in [-0.2, -0.15) is 0 Å². The lowest BCUT2D eigenvalue weighted by Crippen LogP contribution is -2.36. The van der Waals surface area contributed by atoms with Gasteiger partial charge in [-0.15, -0.1) is 0 Å². The molecular formula is C15H19N5O5. The van der Waals surface area contributed by atoms with E-state index >= 15 is 0 Å². The molecule has 10 nitrogen and oxygen atoms in total. The van der Waals surface area contributed by atoms with Crippen molar-refractivity contribution in [1.82, 2.24) is 19.5 Å². The van der Waals surface area contributed by atoms with E-state index in [1.54, 1.807) is 31.7 Å². The lowest BCUT2D eigenvalue weighted by Gasteiger charge is -2.24. The van der Waals surface area contributed by atoms with Crippen LogP contribution in [0.4, 0.5) is 5.82 Å². The summed E-state index contributed by atoms with van der Waals surface area (Å²) in [5.41, 5.74) is 6.79. The molecule has 0 bridgehead atoms. The van der Waals surface area contributed by atoms with Crippen LogP contribution in [0.2, 0.25) is 0 Å². The standard InChI is InChI=1S/C15H19N5O5/c1-4-22-14(21)10-8-9(25-15(2,3)24-8)13(23-10)20-6-19-7-11(16)17-5-18-12(7)20/h5-6,8-10,13H,4H2,1-3H3,(H2,16,17,18)/t8-,9+,10-,13+/m0/s1. The third-order valence-electron chi connectivity index (χ3n) is 4.21. The number of carbonyl (C=O) groups excluding carboxylic acids is 1. The zero-order valence-corrected chi connectivity index (χ0v) is 14.1. The van der Waals surface area contributed by atoms with Crippen molar-refractivity contribution >= 4 is 23.0 Å². The molecule has 4 heterocycles. The number of anilines is 1. The summed E-state index contributed by atoms with van der Waals surface area (Å²) in [6.07, 6.45) is 0.239. The van der Waals surface area contributed by atoms with Gasteiger partial charge in [0.1, 0.15) is 24.1 Å². The second-order valence-corrected chi connectivity index (χ2v) is 6.35. The van der Waals surface area contributed by atoms with Crippen molar-refractivity contribution in [1.29, 1.82) is 0 Å². The SMILES string of the molecule is CCOC(=O)[C@H]1O[C@@H](n2cnc3c(N)ncnc32)[C@@H]2OC(C)(C)O[C@@H]21. The molecule has 2 saturated heterocycles. The third kappa shape index (κ3) is 2.53. The average Bonchev–Trinajstić information content (AvgIpc) is 3.18. The van der Waals surface area contributed by atoms with Gasteiger partial charge in [0.15, 0.2) is 29.6 Å². The van der Waals surface area contributed by atoms with E-state index in [2.05, 4.69) is 15.0 Å². The summed E-state index contributed by atoms with van der Waals surface area (Å²) >= 11 is 0. The number of rotatable bonds is 3. The number of nitrogens with two attached hydrogens (primary N) is 1. The molecule has 2 fully saturated rings. The van der Waals surface area contributed by atoms with Crippen LogP contribution in [-0.4, -0.2) is 56.2 Å². The van der Waals surface area contributed by atoms with Crippen LogP contribution in [0.15, 0.2) is 12.7 Å². The van der Waals surface area contributed by atoms with Gasteiger partial charge >= 0.3 is 5.97 Å². The molecule has 10 heteroatoms. The van der Waals surface area contributed by atoms with Crippen LogP contribution in [0.3, 0.4) is 0 Å². The first kappa shape index (κ1) is 16.2. The quantitative estimate of drug-likeness (QED) is 0.783. The van der Waals surface area contributed by atoms with Gasteiger partial charge in [-0.05, 0) is 20.8 Å². The summed E-state index contributed by atoms with van der Waals surface area (Å²) in [7, 11) is 0. The summed E-state index contributed by atoms with van der Waals surface area (Å²) in [6, 6.07) is 0.